The molecule has 0 amide bonds. The maximum absolute atomic E-state index is 11.4. The summed E-state index contributed by atoms with van der Waals surface area (Å²) in [6.45, 7) is 2.57. The molecule has 8 nitrogen and oxygen atoms in total. The molecule has 2 heterocycles. The maximum atomic E-state index is 11.4. The minimum Gasteiger partial charge on any atom is -0.497 e. The molecule has 3 rings (SSSR count). The van der Waals surface area contributed by atoms with Crippen molar-refractivity contribution in [3.05, 3.63) is 29.8 Å². The Balaban J connectivity index is 1.74. The van der Waals surface area contributed by atoms with Gasteiger partial charge >= 0.3 is 11.9 Å². The van der Waals surface area contributed by atoms with Crippen LogP contribution in [0, 0.1) is 0 Å². The lowest BCUT2D eigenvalue weighted by Crippen LogP contribution is -2.39. The Morgan fingerprint density at radius 3 is 2.48 bits per heavy atom. The molecule has 0 bridgehead atoms. The van der Waals surface area contributed by atoms with Crippen molar-refractivity contribution in [3.8, 4) is 5.75 Å². The van der Waals surface area contributed by atoms with E-state index in [0.29, 0.717) is 5.90 Å². The monoisotopic (exact) mass is 349 g/mol. The third-order valence-electron chi connectivity index (χ3n) is 3.87. The van der Waals surface area contributed by atoms with Gasteiger partial charge in [-0.25, -0.2) is 4.99 Å². The summed E-state index contributed by atoms with van der Waals surface area (Å²) < 4.78 is 27.0. The van der Waals surface area contributed by atoms with Crippen LogP contribution in [0.25, 0.3) is 0 Å². The van der Waals surface area contributed by atoms with Crippen molar-refractivity contribution in [2.75, 3.05) is 13.7 Å². The minimum absolute atomic E-state index is 0.0307. The number of hydrogen-bond acceptors (Lipinski definition) is 8. The van der Waals surface area contributed by atoms with Crippen LogP contribution in [0.1, 0.15) is 19.4 Å². The van der Waals surface area contributed by atoms with Crippen molar-refractivity contribution in [2.45, 2.75) is 38.4 Å². The Morgan fingerprint density at radius 2 is 1.88 bits per heavy atom. The highest BCUT2D eigenvalue weighted by Crippen LogP contribution is 2.33. The van der Waals surface area contributed by atoms with Crippen molar-refractivity contribution < 1.29 is 33.3 Å². The number of aliphatic imine (C=N–C) groups is 1. The summed E-state index contributed by atoms with van der Waals surface area (Å²) >= 11 is 0. The normalized spacial score (nSPS) is 27.1. The molecule has 2 aliphatic heterocycles. The van der Waals surface area contributed by atoms with Crippen molar-refractivity contribution in [1.82, 2.24) is 0 Å². The Hall–Kier alpha value is -2.61. The molecule has 4 atom stereocenters. The molecule has 1 aromatic carbocycles. The van der Waals surface area contributed by atoms with Gasteiger partial charge in [0.1, 0.15) is 18.5 Å². The number of rotatable bonds is 5. The van der Waals surface area contributed by atoms with Crippen LogP contribution >= 0.6 is 0 Å². The molecule has 0 unspecified atom stereocenters. The van der Waals surface area contributed by atoms with Crippen molar-refractivity contribution in [1.29, 1.82) is 0 Å². The van der Waals surface area contributed by atoms with E-state index in [4.69, 9.17) is 23.7 Å². The Labute approximate surface area is 144 Å². The highest BCUT2D eigenvalue weighted by Gasteiger charge is 2.52. The van der Waals surface area contributed by atoms with Crippen molar-refractivity contribution in [2.24, 2.45) is 4.99 Å². The quantitative estimate of drug-likeness (QED) is 0.734. The minimum atomic E-state index is -0.707. The third kappa shape index (κ3) is 3.74. The summed E-state index contributed by atoms with van der Waals surface area (Å²) in [6, 6.07) is 7.22. The number of esters is 2. The number of ether oxygens (including phenoxy) is 5. The van der Waals surface area contributed by atoms with E-state index in [0.717, 1.165) is 11.3 Å². The molecule has 1 fully saturated rings. The van der Waals surface area contributed by atoms with Crippen LogP contribution in [0.2, 0.25) is 0 Å². The summed E-state index contributed by atoms with van der Waals surface area (Å²) in [5.41, 5.74) is 0.761. The summed E-state index contributed by atoms with van der Waals surface area (Å²) in [6.07, 6.45) is -2.53. The predicted molar refractivity (Wildman–Crippen MR) is 85.3 cm³/mol. The SMILES string of the molecule is COc1ccc(C2=N[C@@H]3O[C@H](COC(C)=O)[C@@H](OC(C)=O)[C@@H]3O2)cc1. The highest BCUT2D eigenvalue weighted by molar-refractivity contribution is 5.95. The molecule has 2 aliphatic rings. The zero-order valence-electron chi connectivity index (χ0n) is 14.1. The molecule has 1 aromatic rings. The summed E-state index contributed by atoms with van der Waals surface area (Å²) in [5.74, 6) is 0.216. The van der Waals surface area contributed by atoms with E-state index < -0.39 is 36.5 Å². The van der Waals surface area contributed by atoms with Gasteiger partial charge in [-0.3, -0.25) is 9.59 Å². The largest absolute Gasteiger partial charge is 0.497 e. The number of methoxy groups -OCH3 is 1. The van der Waals surface area contributed by atoms with E-state index in [-0.39, 0.29) is 6.61 Å². The molecule has 0 spiro atoms. The average molecular weight is 349 g/mol. The van der Waals surface area contributed by atoms with Crippen LogP contribution in [0.15, 0.2) is 29.3 Å². The van der Waals surface area contributed by atoms with Gasteiger partial charge in [-0.15, -0.1) is 0 Å². The van der Waals surface area contributed by atoms with E-state index in [9.17, 15) is 9.59 Å². The number of hydrogen-bond donors (Lipinski definition) is 0. The Kier molecular flexibility index (Phi) is 4.89. The van der Waals surface area contributed by atoms with Crippen molar-refractivity contribution >= 4 is 17.8 Å². The number of benzene rings is 1. The highest BCUT2D eigenvalue weighted by atomic mass is 16.7. The summed E-state index contributed by atoms with van der Waals surface area (Å²) in [7, 11) is 1.59. The lowest BCUT2D eigenvalue weighted by molar-refractivity contribution is -0.157. The molecule has 0 aromatic heterocycles. The van der Waals surface area contributed by atoms with Gasteiger partial charge in [0.15, 0.2) is 18.4 Å². The molecule has 0 saturated carbocycles. The predicted octanol–water partition coefficient (Wildman–Crippen LogP) is 1.06. The lowest BCUT2D eigenvalue weighted by atomic mass is 10.1. The number of fused-ring (bicyclic) bond motifs is 1. The first-order chi connectivity index (χ1) is 12.0. The van der Waals surface area contributed by atoms with E-state index >= 15 is 0 Å². The molecule has 0 N–H and O–H groups in total. The van der Waals surface area contributed by atoms with Crippen molar-refractivity contribution in [3.63, 3.8) is 0 Å². The third-order valence-corrected chi connectivity index (χ3v) is 3.87. The summed E-state index contributed by atoms with van der Waals surface area (Å²) in [5, 5.41) is 0. The first-order valence-electron chi connectivity index (χ1n) is 7.83. The standard InChI is InChI=1S/C17H19NO7/c1-9(19)22-8-13-14(23-10(2)20)15-17(24-13)18-16(25-15)11-4-6-12(21-3)7-5-11/h4-7,13-15,17H,8H2,1-3H3/t13-,14-,15+,17-/m1/s1. The zero-order chi connectivity index (χ0) is 18.0. The van der Waals surface area contributed by atoms with Gasteiger partial charge < -0.3 is 23.7 Å². The summed E-state index contributed by atoms with van der Waals surface area (Å²) in [4.78, 5) is 26.8. The van der Waals surface area contributed by atoms with Crippen LogP contribution in [0.4, 0.5) is 0 Å². The van der Waals surface area contributed by atoms with Gasteiger partial charge in [0.25, 0.3) is 0 Å². The smallest absolute Gasteiger partial charge is 0.303 e. The van der Waals surface area contributed by atoms with Crippen LogP contribution in [-0.2, 0) is 28.5 Å². The van der Waals surface area contributed by atoms with Crippen LogP contribution in [0.5, 0.6) is 5.75 Å². The second-order valence-electron chi connectivity index (χ2n) is 5.69. The Bertz CT molecular complexity index is 685. The van der Waals surface area contributed by atoms with Crippen LogP contribution < -0.4 is 4.74 Å². The lowest BCUT2D eigenvalue weighted by Gasteiger charge is -2.21. The van der Waals surface area contributed by atoms with Gasteiger partial charge in [0, 0.05) is 19.4 Å². The van der Waals surface area contributed by atoms with Crippen LogP contribution in [-0.4, -0.2) is 56.1 Å². The van der Waals surface area contributed by atoms with Gasteiger partial charge in [0.2, 0.25) is 5.90 Å². The fraction of sp³-hybridized carbons (Fsp3) is 0.471. The fourth-order valence-electron chi connectivity index (χ4n) is 2.76. The van der Waals surface area contributed by atoms with Crippen LogP contribution in [0.3, 0.4) is 0 Å². The molecule has 134 valence electrons. The topological polar surface area (TPSA) is 92.6 Å². The zero-order valence-corrected chi connectivity index (χ0v) is 14.1. The molecular formula is C17H19NO7. The first-order valence-corrected chi connectivity index (χ1v) is 7.83. The fourth-order valence-corrected chi connectivity index (χ4v) is 2.76. The molecule has 1 saturated heterocycles. The second-order valence-corrected chi connectivity index (χ2v) is 5.69. The van der Waals surface area contributed by atoms with E-state index in [1.54, 1.807) is 19.2 Å². The first kappa shape index (κ1) is 17.2. The molecular weight excluding hydrogens is 330 g/mol. The number of carbonyl (C=O) groups is 2. The number of nitrogens with zero attached hydrogens (tertiary/aromatic N) is 1. The number of carbonyl (C=O) groups excluding carboxylic acids is 2. The van der Waals surface area contributed by atoms with E-state index in [1.807, 2.05) is 12.1 Å². The van der Waals surface area contributed by atoms with Gasteiger partial charge in [-0.2, -0.15) is 0 Å². The second kappa shape index (κ2) is 7.10. The van der Waals surface area contributed by atoms with Gasteiger partial charge in [-0.05, 0) is 24.3 Å². The Morgan fingerprint density at radius 1 is 1.16 bits per heavy atom. The van der Waals surface area contributed by atoms with E-state index in [2.05, 4.69) is 4.99 Å². The maximum Gasteiger partial charge on any atom is 0.303 e. The average Bonchev–Trinajstić information content (AvgIpc) is 3.12. The van der Waals surface area contributed by atoms with E-state index in [1.165, 1.54) is 13.8 Å². The van der Waals surface area contributed by atoms with Gasteiger partial charge in [0.05, 0.1) is 7.11 Å². The molecule has 8 heteroatoms. The molecule has 0 aliphatic carbocycles. The van der Waals surface area contributed by atoms with Gasteiger partial charge in [-0.1, -0.05) is 0 Å². The molecule has 0 radical (unpaired) electrons. The molecule has 25 heavy (non-hydrogen) atoms.